The summed E-state index contributed by atoms with van der Waals surface area (Å²) in [4.78, 5) is 71.8. The SMILES string of the molecule is COc1cc(N2CCC(NC(=O)CCCCCCCCCC(=O)N[C@H](C(=O)N3C[C@@H](O)C[C@H]3C(=O)NCc3ccc(-c4scnc4C)cc3)C(C)(C)C)CC2)ccc1Nc1ncc(Cl)c(Nc2ccccc2P(C)(C)=O)n1. The van der Waals surface area contributed by atoms with Crippen molar-refractivity contribution >= 4 is 87.8 Å². The van der Waals surface area contributed by atoms with E-state index in [-0.39, 0.29) is 55.6 Å². The normalized spacial score (nSPS) is 16.4. The molecule has 0 unspecified atom stereocenters. The van der Waals surface area contributed by atoms with E-state index in [9.17, 15) is 28.8 Å². The molecule has 2 aliphatic heterocycles. The van der Waals surface area contributed by atoms with Gasteiger partial charge >= 0.3 is 0 Å². The van der Waals surface area contributed by atoms with Crippen molar-refractivity contribution in [2.24, 2.45) is 5.41 Å². The van der Waals surface area contributed by atoms with E-state index < -0.39 is 30.7 Å². The number of aromatic nitrogens is 3. The van der Waals surface area contributed by atoms with Crippen molar-refractivity contribution in [3.05, 3.63) is 94.7 Å². The third kappa shape index (κ3) is 16.5. The van der Waals surface area contributed by atoms with Crippen LogP contribution in [0.15, 0.2) is 78.4 Å². The van der Waals surface area contributed by atoms with Crippen molar-refractivity contribution < 1.29 is 33.6 Å². The highest BCUT2D eigenvalue weighted by atomic mass is 35.5. The number of β-amino-alcohol motifs (C(OH)–C–C–N with tert-alkyl or cyclic N) is 1. The number of para-hydroxylation sites is 1. The van der Waals surface area contributed by atoms with E-state index in [2.05, 4.69) is 46.4 Å². The zero-order chi connectivity index (χ0) is 55.3. The summed E-state index contributed by atoms with van der Waals surface area (Å²) in [6.07, 6.45) is 9.57. The molecule has 2 saturated heterocycles. The van der Waals surface area contributed by atoms with Crippen LogP contribution in [0.25, 0.3) is 10.4 Å². The number of carbonyl (C=O) groups is 4. The van der Waals surface area contributed by atoms with Crippen LogP contribution in [0.5, 0.6) is 5.75 Å². The summed E-state index contributed by atoms with van der Waals surface area (Å²) in [5, 5.41) is 27.3. The summed E-state index contributed by atoms with van der Waals surface area (Å²) in [6, 6.07) is 19.7. The van der Waals surface area contributed by atoms with Crippen molar-refractivity contribution in [3.63, 3.8) is 0 Å². The molecule has 6 N–H and O–H groups in total. The van der Waals surface area contributed by atoms with E-state index >= 15 is 0 Å². The van der Waals surface area contributed by atoms with E-state index in [1.807, 2.05) is 99.9 Å². The molecule has 2 fully saturated rings. The Morgan fingerprint density at radius 2 is 1.56 bits per heavy atom. The van der Waals surface area contributed by atoms with E-state index in [0.717, 1.165) is 91.8 Å². The number of benzene rings is 3. The van der Waals surface area contributed by atoms with Gasteiger partial charge < -0.3 is 50.8 Å². The molecule has 4 amide bonds. The van der Waals surface area contributed by atoms with Gasteiger partial charge in [-0.15, -0.1) is 11.3 Å². The van der Waals surface area contributed by atoms with Crippen molar-refractivity contribution in [3.8, 4) is 16.2 Å². The molecule has 2 aromatic heterocycles. The number of halogens is 1. The van der Waals surface area contributed by atoms with Crippen LogP contribution in [0.1, 0.15) is 109 Å². The largest absolute Gasteiger partial charge is 0.494 e. The van der Waals surface area contributed by atoms with Gasteiger partial charge in [0.2, 0.25) is 29.6 Å². The Hall–Kier alpha value is -6.07. The zero-order valence-corrected chi connectivity index (χ0v) is 48.0. The smallest absolute Gasteiger partial charge is 0.246 e. The number of anilines is 5. The first-order valence-corrected chi connectivity index (χ1v) is 30.6. The van der Waals surface area contributed by atoms with Gasteiger partial charge in [0.25, 0.3) is 0 Å². The molecule has 77 heavy (non-hydrogen) atoms. The molecule has 3 atom stereocenters. The minimum Gasteiger partial charge on any atom is -0.494 e. The fourth-order valence-electron chi connectivity index (χ4n) is 9.84. The number of likely N-dealkylation sites (tertiary alicyclic amines) is 1. The van der Waals surface area contributed by atoms with Gasteiger partial charge in [-0.2, -0.15) is 4.98 Å². The number of nitrogens with zero attached hydrogens (tertiary/aromatic N) is 5. The number of methoxy groups -OCH3 is 1. The topological polar surface area (TPSA) is 220 Å². The first-order valence-electron chi connectivity index (χ1n) is 26.8. The molecule has 4 heterocycles. The van der Waals surface area contributed by atoms with Gasteiger partial charge in [-0.25, -0.2) is 9.97 Å². The number of nitrogens with one attached hydrogen (secondary N) is 5. The highest BCUT2D eigenvalue weighted by Gasteiger charge is 2.44. The van der Waals surface area contributed by atoms with E-state index in [1.165, 1.54) is 11.1 Å². The van der Waals surface area contributed by atoms with Gasteiger partial charge in [0, 0.05) is 68.5 Å². The second kappa shape index (κ2) is 27.0. The van der Waals surface area contributed by atoms with Crippen molar-refractivity contribution in [2.45, 2.75) is 136 Å². The number of unbranched alkanes of at least 4 members (excludes halogenated alkanes) is 6. The van der Waals surface area contributed by atoms with Gasteiger partial charge in [-0.05, 0) is 86.7 Å². The number of aryl methyl sites for hydroxylation is 1. The number of aliphatic hydroxyl groups is 1. The molecule has 2 aliphatic rings. The highest BCUT2D eigenvalue weighted by molar-refractivity contribution is 7.70. The number of thiazole rings is 1. The Morgan fingerprint density at radius 1 is 0.883 bits per heavy atom. The van der Waals surface area contributed by atoms with Crippen LogP contribution < -0.4 is 41.5 Å². The van der Waals surface area contributed by atoms with Gasteiger partial charge in [-0.3, -0.25) is 19.2 Å². The van der Waals surface area contributed by atoms with Crippen molar-refractivity contribution in [1.82, 2.24) is 35.8 Å². The van der Waals surface area contributed by atoms with E-state index in [0.29, 0.717) is 52.1 Å². The van der Waals surface area contributed by atoms with Crippen molar-refractivity contribution in [2.75, 3.05) is 55.6 Å². The van der Waals surface area contributed by atoms with Gasteiger partial charge in [0.05, 0.1) is 46.9 Å². The quantitative estimate of drug-likeness (QED) is 0.0251. The number of carbonyl (C=O) groups excluding carboxylic acids is 4. The lowest BCUT2D eigenvalue weighted by molar-refractivity contribution is -0.144. The molecule has 414 valence electrons. The first-order chi connectivity index (χ1) is 36.8. The molecular formula is C57H76ClN10O7PS. The standard InChI is InChI=1S/C57H76ClN10O7PS/c1-37-51(77-36-61-37)39-23-21-38(22-24-39)33-59-54(72)46-32-42(69)35-68(46)55(73)52(57(2,3)4)65-50(71)20-14-12-10-8-9-11-13-19-49(70)62-40-27-29-67(30-28-40)41-25-26-44(47(31-41)75-5)64-56-60-34-43(58)53(66-56)63-45-17-15-16-18-48(45)76(6,7)74/h15-18,21-26,31,34,36,40,42,46,52,69H,8-14,19-20,27-30,32-33,35H2,1-7H3,(H,59,72)(H,62,70)(H,65,71)(H2,60,63,64,66)/t42-,46-,52+/m0/s1. The summed E-state index contributed by atoms with van der Waals surface area (Å²) >= 11 is 8.06. The Morgan fingerprint density at radius 3 is 2.21 bits per heavy atom. The third-order valence-corrected chi connectivity index (χ3v) is 17.0. The molecule has 17 nitrogen and oxygen atoms in total. The monoisotopic (exact) mass is 1110 g/mol. The number of aliphatic hydroxyl groups excluding tert-OH is 1. The predicted octanol–water partition coefficient (Wildman–Crippen LogP) is 9.71. The highest BCUT2D eigenvalue weighted by Crippen LogP contribution is 2.39. The second-order valence-electron chi connectivity index (χ2n) is 21.6. The molecule has 0 bridgehead atoms. The summed E-state index contributed by atoms with van der Waals surface area (Å²) in [5.74, 6) is 0.468. The molecule has 5 aromatic rings. The average molecular weight is 1110 g/mol. The molecule has 0 saturated carbocycles. The number of rotatable bonds is 24. The molecule has 20 heteroatoms. The van der Waals surface area contributed by atoms with Crippen LogP contribution in [-0.4, -0.2) is 113 Å². The number of piperidine rings is 1. The maximum atomic E-state index is 14.0. The summed E-state index contributed by atoms with van der Waals surface area (Å²) < 4.78 is 18.7. The first kappa shape index (κ1) is 58.6. The molecule has 7 rings (SSSR count). The predicted molar refractivity (Wildman–Crippen MR) is 309 cm³/mol. The molecule has 0 spiro atoms. The number of amides is 4. The molecular weight excluding hydrogens is 1040 g/mol. The minimum atomic E-state index is -2.57. The maximum absolute atomic E-state index is 14.0. The van der Waals surface area contributed by atoms with Crippen LogP contribution in [-0.2, 0) is 30.3 Å². The number of ether oxygens (including phenoxy) is 1. The van der Waals surface area contributed by atoms with E-state index in [4.69, 9.17) is 16.3 Å². The molecule has 0 radical (unpaired) electrons. The van der Waals surface area contributed by atoms with Gasteiger partial charge in [0.1, 0.15) is 30.0 Å². The lowest BCUT2D eigenvalue weighted by Gasteiger charge is -2.35. The average Bonchev–Trinajstić information content (AvgIpc) is 4.03. The van der Waals surface area contributed by atoms with Gasteiger partial charge in [-0.1, -0.05) is 101 Å². The fourth-order valence-corrected chi connectivity index (χ4v) is 11.9. The molecule has 0 aliphatic carbocycles. The van der Waals surface area contributed by atoms with Crippen LogP contribution in [0.4, 0.5) is 28.8 Å². The maximum Gasteiger partial charge on any atom is 0.246 e. The lowest BCUT2D eigenvalue weighted by atomic mass is 9.85. The lowest BCUT2D eigenvalue weighted by Crippen LogP contribution is -2.57. The van der Waals surface area contributed by atoms with Crippen LogP contribution in [0, 0.1) is 12.3 Å². The summed E-state index contributed by atoms with van der Waals surface area (Å²) in [5.41, 5.74) is 6.48. The van der Waals surface area contributed by atoms with Crippen LogP contribution in [0.2, 0.25) is 5.02 Å². The molecule has 3 aromatic carbocycles. The van der Waals surface area contributed by atoms with Gasteiger partial charge in [0.15, 0.2) is 5.82 Å². The summed E-state index contributed by atoms with van der Waals surface area (Å²) in [7, 11) is -0.955. The minimum absolute atomic E-state index is 0.0228. The Kier molecular flexibility index (Phi) is 20.6. The van der Waals surface area contributed by atoms with Crippen LogP contribution in [0.3, 0.4) is 0 Å². The summed E-state index contributed by atoms with van der Waals surface area (Å²) in [6.45, 7) is 12.9. The number of hydrogen-bond acceptors (Lipinski definition) is 14. The second-order valence-corrected chi connectivity index (χ2v) is 26.1. The number of hydrogen-bond donors (Lipinski definition) is 6. The third-order valence-electron chi connectivity index (χ3n) is 14.2. The Balaban J connectivity index is 0.759. The van der Waals surface area contributed by atoms with Crippen molar-refractivity contribution in [1.29, 1.82) is 0 Å². The van der Waals surface area contributed by atoms with E-state index in [1.54, 1.807) is 31.8 Å². The Bertz CT molecular complexity index is 2870. The Labute approximate surface area is 462 Å². The zero-order valence-electron chi connectivity index (χ0n) is 45.5. The van der Waals surface area contributed by atoms with Crippen LogP contribution >= 0.6 is 30.1 Å². The fraction of sp³-hybridized carbons (Fsp3) is 0.491.